The van der Waals surface area contributed by atoms with Crippen molar-refractivity contribution in [1.82, 2.24) is 4.98 Å². The van der Waals surface area contributed by atoms with Gasteiger partial charge in [-0.15, -0.1) is 17.5 Å². The second-order valence-electron chi connectivity index (χ2n) is 11.0. The molecule has 1 N–H and O–H groups in total. The van der Waals surface area contributed by atoms with E-state index in [4.69, 9.17) is 10.1 Å². The summed E-state index contributed by atoms with van der Waals surface area (Å²) >= 11 is 0. The molecule has 6 aromatic rings. The van der Waals surface area contributed by atoms with Crippen LogP contribution < -0.4 is 5.19 Å². The van der Waals surface area contributed by atoms with E-state index in [1.54, 1.807) is 0 Å². The first-order valence-electron chi connectivity index (χ1n) is 13.2. The molecule has 0 aliphatic carbocycles. The number of allylic oxidation sites excluding steroid dienone is 2. The van der Waals surface area contributed by atoms with Crippen LogP contribution in [0.25, 0.3) is 54.5 Å². The van der Waals surface area contributed by atoms with Crippen molar-refractivity contribution >= 4 is 62.3 Å². The largest absolute Gasteiger partial charge is 0.512 e. The van der Waals surface area contributed by atoms with Crippen LogP contribution >= 0.6 is 0 Å². The Hall–Kier alpha value is -3.63. The summed E-state index contributed by atoms with van der Waals surface area (Å²) < 4.78 is 0. The maximum absolute atomic E-state index is 10.0. The summed E-state index contributed by atoms with van der Waals surface area (Å²) in [4.78, 5) is 15.1. The fraction of sp³-hybridized carbons (Fsp3) is 0.143. The van der Waals surface area contributed by atoms with Gasteiger partial charge < -0.3 is 5.11 Å². The third-order valence-electron chi connectivity index (χ3n) is 6.90. The number of aliphatic hydroxyl groups excluding tert-OH is 1. The smallest absolute Gasteiger partial charge is 0.155 e. The summed E-state index contributed by atoms with van der Waals surface area (Å²) in [6, 6.07) is 36.4. The van der Waals surface area contributed by atoms with Crippen LogP contribution in [-0.2, 0) is 24.9 Å². The first-order valence-corrected chi connectivity index (χ1v) is 16.7. The van der Waals surface area contributed by atoms with Crippen LogP contribution in [0.2, 0.25) is 19.6 Å². The Labute approximate surface area is 249 Å². The second-order valence-corrected chi connectivity index (χ2v) is 16.1. The Bertz CT molecular complexity index is 1900. The number of carbonyl (C=O) groups is 1. The molecule has 1 aromatic heterocycles. The maximum Gasteiger partial charge on any atom is 0.155 e. The van der Waals surface area contributed by atoms with Gasteiger partial charge in [0.1, 0.15) is 0 Å². The minimum absolute atomic E-state index is 0. The SMILES string of the molecule is CC(=O)/C=C(/C)O.C[Si](C)(C)c1ccc2ccc3nc(-c4[c-]c5ccccc5c5ccccc45)ccc3c2c1.[Ir]. The topological polar surface area (TPSA) is 50.2 Å². The zero-order chi connectivity index (χ0) is 27.7. The van der Waals surface area contributed by atoms with E-state index in [-0.39, 0.29) is 31.6 Å². The van der Waals surface area contributed by atoms with Crippen LogP contribution in [-0.4, -0.2) is 23.9 Å². The molecule has 0 fully saturated rings. The van der Waals surface area contributed by atoms with Gasteiger partial charge in [-0.05, 0) is 30.7 Å². The summed E-state index contributed by atoms with van der Waals surface area (Å²) in [5, 5.41) is 18.4. The summed E-state index contributed by atoms with van der Waals surface area (Å²) in [7, 11) is -1.38. The van der Waals surface area contributed by atoms with E-state index in [1.807, 2.05) is 0 Å². The Morgan fingerprint density at radius 3 is 2.08 bits per heavy atom. The number of rotatable bonds is 3. The summed E-state index contributed by atoms with van der Waals surface area (Å²) in [5.74, 6) is -0.0625. The number of pyridine rings is 1. The number of aromatic nitrogens is 1. The number of hydrogen-bond acceptors (Lipinski definition) is 3. The van der Waals surface area contributed by atoms with Crippen molar-refractivity contribution in [3.05, 3.63) is 109 Å². The molecule has 0 aliphatic rings. The molecular formula is C35H32IrNO2Si-. The van der Waals surface area contributed by atoms with Gasteiger partial charge in [0.15, 0.2) is 5.78 Å². The van der Waals surface area contributed by atoms with Gasteiger partial charge in [-0.25, -0.2) is 0 Å². The monoisotopic (exact) mass is 719 g/mol. The molecule has 0 spiro atoms. The zero-order valence-electron chi connectivity index (χ0n) is 23.4. The number of fused-ring (bicyclic) bond motifs is 6. The zero-order valence-corrected chi connectivity index (χ0v) is 26.8. The molecule has 0 saturated carbocycles. The number of ketones is 1. The number of nitrogens with zero attached hydrogens (tertiary/aromatic N) is 1. The first kappa shape index (κ1) is 29.4. The van der Waals surface area contributed by atoms with Crippen LogP contribution in [0.1, 0.15) is 13.8 Å². The van der Waals surface area contributed by atoms with Crippen molar-refractivity contribution in [1.29, 1.82) is 0 Å². The molecule has 0 saturated heterocycles. The molecule has 1 radical (unpaired) electrons. The van der Waals surface area contributed by atoms with Gasteiger partial charge in [-0.2, -0.15) is 0 Å². The van der Waals surface area contributed by atoms with Crippen LogP contribution in [0.5, 0.6) is 0 Å². The van der Waals surface area contributed by atoms with Crippen LogP contribution in [0.3, 0.4) is 0 Å². The molecule has 3 nitrogen and oxygen atoms in total. The summed E-state index contributed by atoms with van der Waals surface area (Å²) in [6.45, 7) is 10.0. The van der Waals surface area contributed by atoms with E-state index < -0.39 is 8.07 Å². The molecule has 203 valence electrons. The van der Waals surface area contributed by atoms with Crippen LogP contribution in [0, 0.1) is 6.07 Å². The minimum atomic E-state index is -1.38. The van der Waals surface area contributed by atoms with Gasteiger partial charge in [0.25, 0.3) is 0 Å². The van der Waals surface area contributed by atoms with E-state index in [2.05, 4.69) is 117 Å². The van der Waals surface area contributed by atoms with Crippen LogP contribution in [0.15, 0.2) is 103 Å². The maximum atomic E-state index is 10.0. The van der Waals surface area contributed by atoms with Crippen molar-refractivity contribution in [2.45, 2.75) is 33.5 Å². The Balaban J connectivity index is 0.000000413. The van der Waals surface area contributed by atoms with Gasteiger partial charge in [0, 0.05) is 37.3 Å². The summed E-state index contributed by atoms with van der Waals surface area (Å²) in [5.41, 5.74) is 3.07. The van der Waals surface area contributed by atoms with Crippen molar-refractivity contribution in [2.75, 3.05) is 0 Å². The molecule has 0 bridgehead atoms. The first-order chi connectivity index (χ1) is 18.6. The van der Waals surface area contributed by atoms with Gasteiger partial charge in [0.05, 0.1) is 19.3 Å². The average molecular weight is 719 g/mol. The van der Waals surface area contributed by atoms with E-state index in [1.165, 1.54) is 57.4 Å². The number of benzene rings is 5. The van der Waals surface area contributed by atoms with Crippen molar-refractivity contribution in [3.8, 4) is 11.3 Å². The Morgan fingerprint density at radius 1 is 0.775 bits per heavy atom. The fourth-order valence-electron chi connectivity index (χ4n) is 5.00. The fourth-order valence-corrected chi connectivity index (χ4v) is 6.16. The van der Waals surface area contributed by atoms with Gasteiger partial charge in [-0.3, -0.25) is 9.78 Å². The molecular weight excluding hydrogens is 687 g/mol. The van der Waals surface area contributed by atoms with Crippen molar-refractivity contribution in [2.24, 2.45) is 0 Å². The molecule has 0 atom stereocenters. The summed E-state index contributed by atoms with van der Waals surface area (Å²) in [6.07, 6.45) is 1.17. The molecule has 0 unspecified atom stereocenters. The average Bonchev–Trinajstić information content (AvgIpc) is 2.91. The quantitative estimate of drug-likeness (QED) is 0.0655. The molecule has 5 heteroatoms. The van der Waals surface area contributed by atoms with Gasteiger partial charge in [0.2, 0.25) is 0 Å². The molecule has 0 aliphatic heterocycles. The van der Waals surface area contributed by atoms with Gasteiger partial charge in [-0.1, -0.05) is 125 Å². The molecule has 0 amide bonds. The molecule has 40 heavy (non-hydrogen) atoms. The second kappa shape index (κ2) is 11.9. The number of aliphatic hydroxyl groups is 1. The number of hydrogen-bond donors (Lipinski definition) is 1. The molecule has 6 rings (SSSR count). The van der Waals surface area contributed by atoms with Crippen LogP contribution in [0.4, 0.5) is 0 Å². The third-order valence-corrected chi connectivity index (χ3v) is 8.94. The van der Waals surface area contributed by atoms with Crippen molar-refractivity contribution in [3.63, 3.8) is 0 Å². The standard InChI is InChI=1S/C30H24NSi.C5H8O2.Ir/c1-32(2,3)22-14-12-20-13-16-29-26(27(20)19-22)15-17-30(31-29)28-18-21-8-4-5-9-23(21)24-10-6-7-11-25(24)28;1-4(6)3-5(2)7;/h4-17,19H,1-3H3;3,6H,1-2H3;/q-1;;/b;4-3-;. The minimum Gasteiger partial charge on any atom is -0.512 e. The van der Waals surface area contributed by atoms with E-state index in [0.29, 0.717) is 0 Å². The molecule has 5 aromatic carbocycles. The number of carbonyl (C=O) groups excluding carboxylic acids is 1. The van der Waals surface area contributed by atoms with E-state index in [0.717, 1.165) is 22.2 Å². The third kappa shape index (κ3) is 6.07. The van der Waals surface area contributed by atoms with E-state index >= 15 is 0 Å². The normalized spacial score (nSPS) is 11.8. The Kier molecular flexibility index (Phi) is 8.70. The molecule has 1 heterocycles. The Morgan fingerprint density at radius 2 is 1.43 bits per heavy atom. The van der Waals surface area contributed by atoms with Crippen molar-refractivity contribution < 1.29 is 30.0 Å². The predicted octanol–water partition coefficient (Wildman–Crippen LogP) is 8.74. The van der Waals surface area contributed by atoms with Gasteiger partial charge >= 0.3 is 0 Å². The van der Waals surface area contributed by atoms with E-state index in [9.17, 15) is 4.79 Å². The predicted molar refractivity (Wildman–Crippen MR) is 169 cm³/mol.